The molecule has 1 fully saturated rings. The molecule has 0 radical (unpaired) electrons. The molecule has 104 valence electrons. The third-order valence-corrected chi connectivity index (χ3v) is 3.94. The highest BCUT2D eigenvalue weighted by Crippen LogP contribution is 2.28. The molecule has 0 amide bonds. The Hall–Kier alpha value is -1.90. The number of aromatic nitrogens is 1. The van der Waals surface area contributed by atoms with E-state index in [-0.39, 0.29) is 5.82 Å². The van der Waals surface area contributed by atoms with Crippen LogP contribution in [0.1, 0.15) is 43.7 Å². The average molecular weight is 270 g/mol. The Morgan fingerprint density at radius 2 is 1.90 bits per heavy atom. The normalized spacial score (nSPS) is 16.9. The first-order valence-corrected chi connectivity index (χ1v) is 7.29. The van der Waals surface area contributed by atoms with Crippen molar-refractivity contribution in [3.63, 3.8) is 0 Å². The van der Waals surface area contributed by atoms with Gasteiger partial charge in [-0.1, -0.05) is 31.4 Å². The van der Waals surface area contributed by atoms with Gasteiger partial charge in [0.2, 0.25) is 0 Å². The minimum Gasteiger partial charge on any atom is -0.351 e. The molecular formula is C17H19FN2. The van der Waals surface area contributed by atoms with Gasteiger partial charge in [0.25, 0.3) is 0 Å². The Morgan fingerprint density at radius 3 is 2.70 bits per heavy atom. The van der Waals surface area contributed by atoms with Gasteiger partial charge in [-0.05, 0) is 31.0 Å². The van der Waals surface area contributed by atoms with Crippen molar-refractivity contribution < 1.29 is 4.39 Å². The van der Waals surface area contributed by atoms with Crippen LogP contribution in [0.25, 0.3) is 0 Å². The summed E-state index contributed by atoms with van der Waals surface area (Å²) in [5.74, 6) is -0.282. The highest BCUT2D eigenvalue weighted by atomic mass is 19.1. The number of para-hydroxylation sites is 1. The fourth-order valence-corrected chi connectivity index (χ4v) is 2.81. The van der Waals surface area contributed by atoms with Crippen molar-refractivity contribution in [3.05, 3.63) is 54.1 Å². The lowest BCUT2D eigenvalue weighted by Crippen LogP contribution is -2.10. The molecule has 0 unspecified atom stereocenters. The third kappa shape index (κ3) is 2.98. The lowest BCUT2D eigenvalue weighted by Gasteiger charge is -2.23. The molecule has 3 heteroatoms. The molecule has 1 aliphatic rings. The summed E-state index contributed by atoms with van der Waals surface area (Å²) in [6, 6.07) is 9.25. The standard InChI is InChI=1S/C17H19FN2/c18-16-8-4-5-9-17(16)19-12-14-10-11-20(13-14)15-6-2-1-3-7-15/h4-5,8-13,15H,1-3,6-7H2. The molecule has 3 rings (SSSR count). The summed E-state index contributed by atoms with van der Waals surface area (Å²) in [6.45, 7) is 0. The Balaban J connectivity index is 1.72. The third-order valence-electron chi connectivity index (χ3n) is 3.94. The van der Waals surface area contributed by atoms with Gasteiger partial charge >= 0.3 is 0 Å². The zero-order chi connectivity index (χ0) is 13.8. The van der Waals surface area contributed by atoms with E-state index in [0.29, 0.717) is 11.7 Å². The monoisotopic (exact) mass is 270 g/mol. The van der Waals surface area contributed by atoms with Crippen molar-refractivity contribution in [1.82, 2.24) is 4.57 Å². The van der Waals surface area contributed by atoms with Gasteiger partial charge < -0.3 is 4.57 Å². The van der Waals surface area contributed by atoms with Gasteiger partial charge in [-0.2, -0.15) is 0 Å². The zero-order valence-electron chi connectivity index (χ0n) is 11.5. The summed E-state index contributed by atoms with van der Waals surface area (Å²) < 4.78 is 15.7. The van der Waals surface area contributed by atoms with Crippen molar-refractivity contribution in [3.8, 4) is 0 Å². The summed E-state index contributed by atoms with van der Waals surface area (Å²) in [5, 5.41) is 0. The van der Waals surface area contributed by atoms with Gasteiger partial charge in [0.1, 0.15) is 5.82 Å². The average Bonchev–Trinajstić information content (AvgIpc) is 2.96. The second-order valence-corrected chi connectivity index (χ2v) is 5.39. The molecule has 1 aromatic carbocycles. The smallest absolute Gasteiger partial charge is 0.148 e. The molecule has 2 nitrogen and oxygen atoms in total. The van der Waals surface area contributed by atoms with E-state index in [9.17, 15) is 4.39 Å². The summed E-state index contributed by atoms with van der Waals surface area (Å²) in [4.78, 5) is 4.22. The fraction of sp³-hybridized carbons (Fsp3) is 0.353. The van der Waals surface area contributed by atoms with Gasteiger partial charge in [-0.25, -0.2) is 4.39 Å². The summed E-state index contributed by atoms with van der Waals surface area (Å²) >= 11 is 0. The van der Waals surface area contributed by atoms with E-state index in [1.165, 1.54) is 38.2 Å². The maximum absolute atomic E-state index is 13.5. The molecule has 0 aliphatic heterocycles. The number of benzene rings is 1. The Bertz CT molecular complexity index is 595. The van der Waals surface area contributed by atoms with Gasteiger partial charge in [0, 0.05) is 30.2 Å². The number of aliphatic imine (C=N–C) groups is 1. The van der Waals surface area contributed by atoms with Crippen molar-refractivity contribution in [2.24, 2.45) is 4.99 Å². The quantitative estimate of drug-likeness (QED) is 0.707. The topological polar surface area (TPSA) is 17.3 Å². The van der Waals surface area contributed by atoms with Crippen molar-refractivity contribution >= 4 is 11.9 Å². The van der Waals surface area contributed by atoms with E-state index in [0.717, 1.165) is 5.56 Å². The second kappa shape index (κ2) is 6.04. The lowest BCUT2D eigenvalue weighted by molar-refractivity contribution is 0.354. The first kappa shape index (κ1) is 13.1. The molecule has 20 heavy (non-hydrogen) atoms. The molecule has 1 aliphatic carbocycles. The van der Waals surface area contributed by atoms with Crippen LogP contribution < -0.4 is 0 Å². The minimum absolute atomic E-state index is 0.282. The van der Waals surface area contributed by atoms with Crippen molar-refractivity contribution in [2.45, 2.75) is 38.1 Å². The number of rotatable bonds is 3. The molecule has 0 spiro atoms. The Morgan fingerprint density at radius 1 is 1.10 bits per heavy atom. The molecular weight excluding hydrogens is 251 g/mol. The van der Waals surface area contributed by atoms with Crippen molar-refractivity contribution in [1.29, 1.82) is 0 Å². The van der Waals surface area contributed by atoms with Crippen LogP contribution in [-0.2, 0) is 0 Å². The molecule has 0 saturated heterocycles. The Kier molecular flexibility index (Phi) is 3.95. The molecule has 0 N–H and O–H groups in total. The maximum Gasteiger partial charge on any atom is 0.148 e. The molecule has 2 aromatic rings. The van der Waals surface area contributed by atoms with Crippen LogP contribution in [0.4, 0.5) is 10.1 Å². The van der Waals surface area contributed by atoms with Crippen molar-refractivity contribution in [2.75, 3.05) is 0 Å². The molecule has 1 saturated carbocycles. The molecule has 1 heterocycles. The van der Waals surface area contributed by atoms with E-state index < -0.39 is 0 Å². The van der Waals surface area contributed by atoms with E-state index in [4.69, 9.17) is 0 Å². The zero-order valence-corrected chi connectivity index (χ0v) is 11.5. The number of halogens is 1. The molecule has 1 aromatic heterocycles. The highest BCUT2D eigenvalue weighted by molar-refractivity contribution is 5.81. The number of nitrogens with zero attached hydrogens (tertiary/aromatic N) is 2. The van der Waals surface area contributed by atoms with Crippen LogP contribution in [0.15, 0.2) is 47.7 Å². The van der Waals surface area contributed by atoms with Gasteiger partial charge in [-0.15, -0.1) is 0 Å². The number of hydrogen-bond donors (Lipinski definition) is 0. The molecule has 0 atom stereocenters. The summed E-state index contributed by atoms with van der Waals surface area (Å²) in [5.41, 5.74) is 1.41. The lowest BCUT2D eigenvalue weighted by atomic mass is 9.95. The van der Waals surface area contributed by atoms with Gasteiger partial charge in [0.05, 0.1) is 5.69 Å². The SMILES string of the molecule is Fc1ccccc1N=Cc1ccn(C2CCCCC2)c1. The van der Waals surface area contributed by atoms with Crippen LogP contribution in [-0.4, -0.2) is 10.8 Å². The first-order chi connectivity index (χ1) is 9.83. The number of hydrogen-bond acceptors (Lipinski definition) is 1. The minimum atomic E-state index is -0.282. The second-order valence-electron chi connectivity index (χ2n) is 5.39. The van der Waals surface area contributed by atoms with E-state index >= 15 is 0 Å². The fourth-order valence-electron chi connectivity index (χ4n) is 2.81. The van der Waals surface area contributed by atoms with E-state index in [2.05, 4.69) is 22.0 Å². The van der Waals surface area contributed by atoms with E-state index in [1.54, 1.807) is 24.4 Å². The van der Waals surface area contributed by atoms with Gasteiger partial charge in [-0.3, -0.25) is 4.99 Å². The van der Waals surface area contributed by atoms with Crippen LogP contribution in [0, 0.1) is 5.82 Å². The first-order valence-electron chi connectivity index (χ1n) is 7.29. The predicted molar refractivity (Wildman–Crippen MR) is 80.2 cm³/mol. The summed E-state index contributed by atoms with van der Waals surface area (Å²) in [7, 11) is 0. The Labute approximate surface area is 119 Å². The van der Waals surface area contributed by atoms with Crippen LogP contribution in [0.2, 0.25) is 0 Å². The maximum atomic E-state index is 13.5. The van der Waals surface area contributed by atoms with E-state index in [1.807, 2.05) is 6.07 Å². The van der Waals surface area contributed by atoms with Crippen LogP contribution in [0.5, 0.6) is 0 Å². The van der Waals surface area contributed by atoms with Crippen LogP contribution >= 0.6 is 0 Å². The largest absolute Gasteiger partial charge is 0.351 e. The van der Waals surface area contributed by atoms with Gasteiger partial charge in [0.15, 0.2) is 0 Å². The van der Waals surface area contributed by atoms with Crippen LogP contribution in [0.3, 0.4) is 0 Å². The highest BCUT2D eigenvalue weighted by Gasteiger charge is 2.14. The predicted octanol–water partition coefficient (Wildman–Crippen LogP) is 4.88. The molecule has 0 bridgehead atoms. The summed E-state index contributed by atoms with van der Waals surface area (Å²) in [6.07, 6.45) is 12.5.